The van der Waals surface area contributed by atoms with Gasteiger partial charge in [-0.1, -0.05) is 12.1 Å². The van der Waals surface area contributed by atoms with E-state index >= 15 is 0 Å². The highest BCUT2D eigenvalue weighted by Crippen LogP contribution is 2.37. The van der Waals surface area contributed by atoms with Crippen LogP contribution in [-0.4, -0.2) is 48.8 Å². The van der Waals surface area contributed by atoms with Crippen molar-refractivity contribution in [2.45, 2.75) is 4.90 Å². The lowest BCUT2D eigenvalue weighted by molar-refractivity contribution is -0.134. The molecule has 1 N–H and O–H groups in total. The molecule has 0 amide bonds. The highest BCUT2D eigenvalue weighted by Gasteiger charge is 2.25. The topological polar surface area (TPSA) is 117 Å². The van der Waals surface area contributed by atoms with Gasteiger partial charge in [0.2, 0.25) is 0 Å². The smallest absolute Gasteiger partial charge is 0.339 e. The first kappa shape index (κ1) is 22.8. The van der Waals surface area contributed by atoms with Crippen molar-refractivity contribution >= 4 is 33.7 Å². The zero-order valence-corrected chi connectivity index (χ0v) is 17.6. The van der Waals surface area contributed by atoms with E-state index in [2.05, 4.69) is 9.46 Å². The zero-order valence-electron chi connectivity index (χ0n) is 16.8. The third-order valence-electron chi connectivity index (χ3n) is 3.95. The molecular weight excluding hydrogens is 414 g/mol. The van der Waals surface area contributed by atoms with Gasteiger partial charge in [-0.2, -0.15) is 0 Å². The van der Waals surface area contributed by atoms with Crippen molar-refractivity contribution in [3.05, 3.63) is 53.6 Å². The Kier molecular flexibility index (Phi) is 7.43. The number of sulfonamides is 1. The number of para-hydroxylation sites is 1. The molecule has 0 atom stereocenters. The summed E-state index contributed by atoms with van der Waals surface area (Å²) >= 11 is 0. The van der Waals surface area contributed by atoms with Gasteiger partial charge in [-0.25, -0.2) is 18.0 Å². The second-order valence-corrected chi connectivity index (χ2v) is 7.40. The Morgan fingerprint density at radius 2 is 1.67 bits per heavy atom. The third kappa shape index (κ3) is 5.09. The SMILES string of the molecule is COC(=O)/C=C/c1cc(OC)c(OC)c(S(=O)(=O)Nc2ccccc2C(=O)OC)c1. The average molecular weight is 435 g/mol. The van der Waals surface area contributed by atoms with Gasteiger partial charge in [0.15, 0.2) is 11.5 Å². The highest BCUT2D eigenvalue weighted by molar-refractivity contribution is 7.92. The van der Waals surface area contributed by atoms with E-state index in [1.807, 2.05) is 0 Å². The first-order chi connectivity index (χ1) is 14.3. The van der Waals surface area contributed by atoms with Crippen LogP contribution >= 0.6 is 0 Å². The van der Waals surface area contributed by atoms with Crippen LogP contribution in [0.5, 0.6) is 11.5 Å². The van der Waals surface area contributed by atoms with Crippen LogP contribution in [0.2, 0.25) is 0 Å². The maximum atomic E-state index is 13.1. The number of ether oxygens (including phenoxy) is 4. The van der Waals surface area contributed by atoms with Crippen molar-refractivity contribution in [2.24, 2.45) is 0 Å². The number of nitrogens with one attached hydrogen (secondary N) is 1. The number of methoxy groups -OCH3 is 4. The predicted molar refractivity (Wildman–Crippen MR) is 109 cm³/mol. The molecule has 0 aromatic heterocycles. The Bertz CT molecular complexity index is 1080. The van der Waals surface area contributed by atoms with E-state index in [-0.39, 0.29) is 27.6 Å². The van der Waals surface area contributed by atoms with Gasteiger partial charge in [0, 0.05) is 6.08 Å². The number of esters is 2. The Labute approximate surface area is 174 Å². The first-order valence-corrected chi connectivity index (χ1v) is 9.98. The van der Waals surface area contributed by atoms with Crippen LogP contribution in [0, 0.1) is 0 Å². The van der Waals surface area contributed by atoms with Crippen molar-refractivity contribution < 1.29 is 37.0 Å². The third-order valence-corrected chi connectivity index (χ3v) is 5.32. The van der Waals surface area contributed by atoms with Gasteiger partial charge in [-0.05, 0) is 35.9 Å². The fraction of sp³-hybridized carbons (Fsp3) is 0.200. The largest absolute Gasteiger partial charge is 0.493 e. The molecule has 0 aliphatic heterocycles. The van der Waals surface area contributed by atoms with Crippen LogP contribution in [0.4, 0.5) is 5.69 Å². The van der Waals surface area contributed by atoms with Gasteiger partial charge >= 0.3 is 11.9 Å². The maximum Gasteiger partial charge on any atom is 0.339 e. The minimum Gasteiger partial charge on any atom is -0.493 e. The first-order valence-electron chi connectivity index (χ1n) is 8.49. The van der Waals surface area contributed by atoms with Crippen LogP contribution in [0.3, 0.4) is 0 Å². The summed E-state index contributed by atoms with van der Waals surface area (Å²) in [6.45, 7) is 0. The number of anilines is 1. The van der Waals surface area contributed by atoms with Crippen molar-refractivity contribution in [3.8, 4) is 11.5 Å². The highest BCUT2D eigenvalue weighted by atomic mass is 32.2. The second kappa shape index (κ2) is 9.79. The number of rotatable bonds is 8. The standard InChI is InChI=1S/C20H21NO8S/c1-26-16-11-13(9-10-18(22)27-2)12-17(19(16)28-3)30(24,25)21-15-8-6-5-7-14(15)20(23)29-4/h5-12,21H,1-4H3/b10-9+. The minimum atomic E-state index is -4.23. The molecule has 0 saturated heterocycles. The summed E-state index contributed by atoms with van der Waals surface area (Å²) in [6, 6.07) is 8.79. The summed E-state index contributed by atoms with van der Waals surface area (Å²) in [5, 5.41) is 0. The van der Waals surface area contributed by atoms with Gasteiger partial charge in [0.05, 0.1) is 39.7 Å². The molecule has 0 aliphatic rings. The fourth-order valence-electron chi connectivity index (χ4n) is 2.54. The summed E-state index contributed by atoms with van der Waals surface area (Å²) in [7, 11) is 0.827. The molecule has 160 valence electrons. The van der Waals surface area contributed by atoms with Crippen molar-refractivity contribution in [1.29, 1.82) is 0 Å². The van der Waals surface area contributed by atoms with E-state index in [0.29, 0.717) is 5.56 Å². The Morgan fingerprint density at radius 3 is 2.27 bits per heavy atom. The van der Waals surface area contributed by atoms with E-state index in [1.165, 1.54) is 58.8 Å². The van der Waals surface area contributed by atoms with Gasteiger partial charge in [-0.15, -0.1) is 0 Å². The number of benzene rings is 2. The molecule has 0 radical (unpaired) electrons. The van der Waals surface area contributed by atoms with E-state index < -0.39 is 22.0 Å². The zero-order chi connectivity index (χ0) is 22.3. The molecule has 2 aromatic rings. The summed E-state index contributed by atoms with van der Waals surface area (Å²) in [6.07, 6.45) is 2.51. The lowest BCUT2D eigenvalue weighted by Crippen LogP contribution is -2.17. The van der Waals surface area contributed by atoms with Crippen LogP contribution < -0.4 is 14.2 Å². The fourth-order valence-corrected chi connectivity index (χ4v) is 3.83. The van der Waals surface area contributed by atoms with Crippen LogP contribution in [-0.2, 0) is 24.3 Å². The van der Waals surface area contributed by atoms with Crippen molar-refractivity contribution in [3.63, 3.8) is 0 Å². The van der Waals surface area contributed by atoms with E-state index in [0.717, 1.165) is 6.08 Å². The molecule has 0 aliphatic carbocycles. The molecule has 30 heavy (non-hydrogen) atoms. The van der Waals surface area contributed by atoms with Gasteiger partial charge in [0.25, 0.3) is 10.0 Å². The van der Waals surface area contributed by atoms with Crippen LogP contribution in [0.1, 0.15) is 15.9 Å². The Morgan fingerprint density at radius 1 is 0.967 bits per heavy atom. The normalized spacial score (nSPS) is 11.1. The van der Waals surface area contributed by atoms with Gasteiger partial charge < -0.3 is 18.9 Å². The summed E-state index contributed by atoms with van der Waals surface area (Å²) in [4.78, 5) is 23.1. The molecule has 10 heteroatoms. The van der Waals surface area contributed by atoms with Gasteiger partial charge in [-0.3, -0.25) is 4.72 Å². The number of carbonyl (C=O) groups is 2. The number of hydrogen-bond donors (Lipinski definition) is 1. The molecular formula is C20H21NO8S. The average Bonchev–Trinajstić information content (AvgIpc) is 2.76. The summed E-state index contributed by atoms with van der Waals surface area (Å²) in [5.41, 5.74) is 0.414. The van der Waals surface area contributed by atoms with Crippen molar-refractivity contribution in [2.75, 3.05) is 33.2 Å². The van der Waals surface area contributed by atoms with Crippen LogP contribution in [0.25, 0.3) is 6.08 Å². The molecule has 0 saturated carbocycles. The quantitative estimate of drug-likeness (QED) is 0.496. The minimum absolute atomic E-state index is 0.0286. The number of hydrogen-bond acceptors (Lipinski definition) is 8. The Balaban J connectivity index is 2.59. The second-order valence-electron chi connectivity index (χ2n) is 5.75. The maximum absolute atomic E-state index is 13.1. The Hall–Kier alpha value is -3.53. The summed E-state index contributed by atoms with van der Waals surface area (Å²) < 4.78 is 48.4. The lowest BCUT2D eigenvalue weighted by Gasteiger charge is -2.16. The molecule has 0 unspecified atom stereocenters. The van der Waals surface area contributed by atoms with E-state index in [9.17, 15) is 18.0 Å². The van der Waals surface area contributed by atoms with Crippen LogP contribution in [0.15, 0.2) is 47.4 Å². The lowest BCUT2D eigenvalue weighted by atomic mass is 10.2. The molecule has 0 fully saturated rings. The monoisotopic (exact) mass is 435 g/mol. The molecule has 0 bridgehead atoms. The van der Waals surface area contributed by atoms with Gasteiger partial charge in [0.1, 0.15) is 4.90 Å². The molecule has 0 spiro atoms. The molecule has 2 rings (SSSR count). The molecule has 2 aromatic carbocycles. The summed E-state index contributed by atoms with van der Waals surface area (Å²) in [5.74, 6) is -1.23. The van der Waals surface area contributed by atoms with E-state index in [1.54, 1.807) is 12.1 Å². The van der Waals surface area contributed by atoms with Crippen molar-refractivity contribution in [1.82, 2.24) is 0 Å². The molecule has 0 heterocycles. The number of carbonyl (C=O) groups excluding carboxylic acids is 2. The molecule has 9 nitrogen and oxygen atoms in total. The van der Waals surface area contributed by atoms with E-state index in [4.69, 9.17) is 14.2 Å². The predicted octanol–water partition coefficient (Wildman–Crippen LogP) is 2.48.